The lowest BCUT2D eigenvalue weighted by molar-refractivity contribution is -0.140. The van der Waals surface area contributed by atoms with Crippen molar-refractivity contribution in [3.05, 3.63) is 81.2 Å². The second-order valence-corrected chi connectivity index (χ2v) is 9.66. The standard InChI is InChI=1S/C29H31NO7/c1-14(2)17-6-8-18(9-7-17)21(11-23(32)36-5)25-27(34)20(16(4)31)10-22(28(25)35)29-24-19(13-37-29)12-30-15(3)26(24)33/h6-10,12,14,21,29,33-35H,11,13H2,1-5H3/t21-,29-/m1/s1. The van der Waals surface area contributed by atoms with Gasteiger partial charge in [-0.05, 0) is 37.0 Å². The first kappa shape index (κ1) is 26.2. The highest BCUT2D eigenvalue weighted by Crippen LogP contribution is 2.50. The number of pyridine rings is 1. The number of hydrogen-bond donors (Lipinski definition) is 3. The van der Waals surface area contributed by atoms with E-state index in [9.17, 15) is 24.9 Å². The Balaban J connectivity index is 1.96. The van der Waals surface area contributed by atoms with E-state index in [1.165, 1.54) is 20.1 Å². The van der Waals surface area contributed by atoms with Gasteiger partial charge in [-0.15, -0.1) is 0 Å². The molecule has 0 bridgehead atoms. The van der Waals surface area contributed by atoms with Crippen LogP contribution in [0.1, 0.15) is 94.6 Å². The normalized spacial score (nSPS) is 15.5. The first-order chi connectivity index (χ1) is 17.5. The summed E-state index contributed by atoms with van der Waals surface area (Å²) >= 11 is 0. The van der Waals surface area contributed by atoms with Gasteiger partial charge in [-0.1, -0.05) is 38.1 Å². The van der Waals surface area contributed by atoms with Crippen molar-refractivity contribution >= 4 is 11.8 Å². The van der Waals surface area contributed by atoms with Crippen molar-refractivity contribution in [3.8, 4) is 17.2 Å². The zero-order valence-electron chi connectivity index (χ0n) is 21.5. The number of hydrogen-bond acceptors (Lipinski definition) is 8. The minimum atomic E-state index is -0.906. The Morgan fingerprint density at radius 1 is 1.08 bits per heavy atom. The Kier molecular flexibility index (Phi) is 7.23. The molecule has 8 heteroatoms. The molecule has 0 amide bonds. The van der Waals surface area contributed by atoms with Gasteiger partial charge >= 0.3 is 5.97 Å². The fourth-order valence-electron chi connectivity index (χ4n) is 4.81. The number of carbonyl (C=O) groups excluding carboxylic acids is 2. The highest BCUT2D eigenvalue weighted by atomic mass is 16.5. The van der Waals surface area contributed by atoms with Crippen LogP contribution in [0.5, 0.6) is 17.2 Å². The highest BCUT2D eigenvalue weighted by Gasteiger charge is 2.36. The van der Waals surface area contributed by atoms with Crippen molar-refractivity contribution < 1.29 is 34.4 Å². The van der Waals surface area contributed by atoms with Gasteiger partial charge in [0.15, 0.2) is 5.78 Å². The number of aryl methyl sites for hydroxylation is 1. The van der Waals surface area contributed by atoms with Crippen LogP contribution in [0.3, 0.4) is 0 Å². The number of ketones is 1. The van der Waals surface area contributed by atoms with Gasteiger partial charge < -0.3 is 24.8 Å². The van der Waals surface area contributed by atoms with Crippen LogP contribution in [0, 0.1) is 6.92 Å². The quantitative estimate of drug-likeness (QED) is 0.297. The van der Waals surface area contributed by atoms with E-state index < -0.39 is 29.5 Å². The van der Waals surface area contributed by atoms with E-state index in [2.05, 4.69) is 18.8 Å². The van der Waals surface area contributed by atoms with Crippen molar-refractivity contribution in [2.45, 2.75) is 58.7 Å². The molecule has 1 aromatic heterocycles. The molecule has 8 nitrogen and oxygen atoms in total. The maximum Gasteiger partial charge on any atom is 0.306 e. The van der Waals surface area contributed by atoms with Crippen molar-refractivity contribution in [2.75, 3.05) is 7.11 Å². The predicted octanol–water partition coefficient (Wildman–Crippen LogP) is 5.15. The lowest BCUT2D eigenvalue weighted by Gasteiger charge is -2.25. The Labute approximate surface area is 215 Å². The van der Waals surface area contributed by atoms with Gasteiger partial charge in [-0.2, -0.15) is 0 Å². The molecule has 1 aliphatic rings. The number of benzene rings is 2. The summed E-state index contributed by atoms with van der Waals surface area (Å²) in [5.74, 6) is -2.31. The lowest BCUT2D eigenvalue weighted by atomic mass is 9.82. The summed E-state index contributed by atoms with van der Waals surface area (Å²) < 4.78 is 10.9. The van der Waals surface area contributed by atoms with Crippen molar-refractivity contribution in [3.63, 3.8) is 0 Å². The molecular weight excluding hydrogens is 474 g/mol. The summed E-state index contributed by atoms with van der Waals surface area (Å²) in [5.41, 5.74) is 3.43. The smallest absolute Gasteiger partial charge is 0.306 e. The van der Waals surface area contributed by atoms with Gasteiger partial charge in [0.2, 0.25) is 0 Å². The molecule has 2 heterocycles. The summed E-state index contributed by atoms with van der Waals surface area (Å²) in [6.45, 7) is 7.23. The summed E-state index contributed by atoms with van der Waals surface area (Å²) in [5, 5.41) is 33.6. The third-order valence-electron chi connectivity index (χ3n) is 6.98. The highest BCUT2D eigenvalue weighted by molar-refractivity contribution is 5.98. The number of phenols is 2. The van der Waals surface area contributed by atoms with Crippen LogP contribution in [-0.2, 0) is 20.9 Å². The third kappa shape index (κ3) is 4.76. The zero-order chi connectivity index (χ0) is 27.0. The van der Waals surface area contributed by atoms with Crippen LogP contribution in [0.15, 0.2) is 36.5 Å². The molecule has 194 valence electrons. The molecule has 0 saturated heterocycles. The Morgan fingerprint density at radius 2 is 1.73 bits per heavy atom. The molecule has 4 rings (SSSR count). The second-order valence-electron chi connectivity index (χ2n) is 9.66. The average Bonchev–Trinajstić information content (AvgIpc) is 3.30. The van der Waals surface area contributed by atoms with Gasteiger partial charge in [0.25, 0.3) is 0 Å². The largest absolute Gasteiger partial charge is 0.507 e. The van der Waals surface area contributed by atoms with Crippen LogP contribution in [0.4, 0.5) is 0 Å². The van der Waals surface area contributed by atoms with Gasteiger partial charge in [-0.3, -0.25) is 14.6 Å². The number of methoxy groups -OCH3 is 1. The molecule has 0 fully saturated rings. The van der Waals surface area contributed by atoms with E-state index in [0.29, 0.717) is 22.4 Å². The maximum atomic E-state index is 12.6. The zero-order valence-corrected chi connectivity index (χ0v) is 21.5. The fraction of sp³-hybridized carbons (Fsp3) is 0.345. The number of esters is 1. The lowest BCUT2D eigenvalue weighted by Crippen LogP contribution is -2.13. The minimum absolute atomic E-state index is 0.0210. The van der Waals surface area contributed by atoms with Gasteiger partial charge in [0.05, 0.1) is 31.4 Å². The number of fused-ring (bicyclic) bond motifs is 1. The summed E-state index contributed by atoms with van der Waals surface area (Å²) in [4.78, 5) is 29.2. The number of rotatable bonds is 7. The molecule has 0 spiro atoms. The van der Waals surface area contributed by atoms with Crippen LogP contribution in [0.2, 0.25) is 0 Å². The number of carbonyl (C=O) groups is 2. The van der Waals surface area contributed by atoms with Gasteiger partial charge in [-0.25, -0.2) is 0 Å². The molecule has 0 radical (unpaired) electrons. The molecule has 1 aliphatic heterocycles. The van der Waals surface area contributed by atoms with Crippen LogP contribution in [0.25, 0.3) is 0 Å². The van der Waals surface area contributed by atoms with E-state index in [1.54, 1.807) is 13.1 Å². The Hall–Kier alpha value is -3.91. The SMILES string of the molecule is COC(=O)C[C@H](c1ccc(C(C)C)cc1)c1c(O)c(C(C)=O)cc([C@H]2OCc3cnc(C)c(O)c32)c1O. The van der Waals surface area contributed by atoms with E-state index in [0.717, 1.165) is 5.56 Å². The molecule has 2 aromatic carbocycles. The van der Waals surface area contributed by atoms with Crippen LogP contribution in [-0.4, -0.2) is 39.2 Å². The van der Waals surface area contributed by atoms with Crippen molar-refractivity contribution in [1.29, 1.82) is 0 Å². The van der Waals surface area contributed by atoms with Crippen molar-refractivity contribution in [1.82, 2.24) is 4.98 Å². The van der Waals surface area contributed by atoms with Gasteiger partial charge in [0.1, 0.15) is 23.4 Å². The molecule has 2 atom stereocenters. The topological polar surface area (TPSA) is 126 Å². The summed E-state index contributed by atoms with van der Waals surface area (Å²) in [7, 11) is 1.26. The summed E-state index contributed by atoms with van der Waals surface area (Å²) in [6, 6.07) is 8.91. The van der Waals surface area contributed by atoms with E-state index in [-0.39, 0.29) is 47.1 Å². The second kappa shape index (κ2) is 10.2. The molecule has 3 N–H and O–H groups in total. The first-order valence-electron chi connectivity index (χ1n) is 12.1. The van der Waals surface area contributed by atoms with Gasteiger partial charge in [0, 0.05) is 34.4 Å². The minimum Gasteiger partial charge on any atom is -0.507 e. The number of ether oxygens (including phenoxy) is 2. The van der Waals surface area contributed by atoms with E-state index >= 15 is 0 Å². The molecule has 0 unspecified atom stereocenters. The molecule has 37 heavy (non-hydrogen) atoms. The molecule has 0 aliphatic carbocycles. The van der Waals surface area contributed by atoms with Crippen LogP contribution >= 0.6 is 0 Å². The number of aromatic nitrogens is 1. The third-order valence-corrected chi connectivity index (χ3v) is 6.98. The predicted molar refractivity (Wildman–Crippen MR) is 136 cm³/mol. The molecule has 0 saturated carbocycles. The first-order valence-corrected chi connectivity index (χ1v) is 12.1. The van der Waals surface area contributed by atoms with E-state index in [1.807, 2.05) is 24.3 Å². The fourth-order valence-corrected chi connectivity index (χ4v) is 4.81. The molecular formula is C29H31NO7. The van der Waals surface area contributed by atoms with E-state index in [4.69, 9.17) is 9.47 Å². The number of Topliss-reactive ketones (excluding diaryl/α,β-unsaturated/α-hetero) is 1. The maximum absolute atomic E-state index is 12.6. The number of phenolic OH excluding ortho intramolecular Hbond substituents is 2. The average molecular weight is 506 g/mol. The number of aromatic hydroxyl groups is 3. The Bertz CT molecular complexity index is 1360. The van der Waals surface area contributed by atoms with Crippen molar-refractivity contribution in [2.24, 2.45) is 0 Å². The number of nitrogens with zero attached hydrogens (tertiary/aromatic N) is 1. The Morgan fingerprint density at radius 3 is 2.32 bits per heavy atom. The van der Waals surface area contributed by atoms with Crippen LogP contribution < -0.4 is 0 Å². The monoisotopic (exact) mass is 505 g/mol. The summed E-state index contributed by atoms with van der Waals surface area (Å²) in [6.07, 6.45) is 0.511. The molecule has 3 aromatic rings.